The molecule has 7 nitrogen and oxygen atoms in total. The quantitative estimate of drug-likeness (QED) is 0.688. The minimum absolute atomic E-state index is 0.265. The minimum atomic E-state index is -0.265. The summed E-state index contributed by atoms with van der Waals surface area (Å²) in [7, 11) is 1.61. The summed E-state index contributed by atoms with van der Waals surface area (Å²) in [6, 6.07) is 12.7. The van der Waals surface area contributed by atoms with Crippen molar-refractivity contribution in [3.63, 3.8) is 0 Å². The third-order valence-electron chi connectivity index (χ3n) is 3.50. The molecule has 0 fully saturated rings. The van der Waals surface area contributed by atoms with Crippen LogP contribution in [-0.4, -0.2) is 23.0 Å². The first-order chi connectivity index (χ1) is 12.2. The number of ether oxygens (including phenoxy) is 1. The lowest BCUT2D eigenvalue weighted by atomic mass is 10.2. The molecule has 7 heteroatoms. The van der Waals surface area contributed by atoms with E-state index in [1.54, 1.807) is 31.7 Å². The van der Waals surface area contributed by atoms with Gasteiger partial charge in [0.2, 0.25) is 5.95 Å². The Morgan fingerprint density at radius 1 is 1.16 bits per heavy atom. The molecule has 1 amide bonds. The largest absolute Gasteiger partial charge is 0.497 e. The molecule has 128 valence electrons. The Bertz CT molecular complexity index is 817. The van der Waals surface area contributed by atoms with Gasteiger partial charge in [0.1, 0.15) is 17.2 Å². The van der Waals surface area contributed by atoms with Crippen LogP contribution in [0.15, 0.2) is 59.3 Å². The van der Waals surface area contributed by atoms with Gasteiger partial charge in [-0.15, -0.1) is 0 Å². The van der Waals surface area contributed by atoms with Crippen molar-refractivity contribution in [1.29, 1.82) is 0 Å². The van der Waals surface area contributed by atoms with Crippen LogP contribution in [0.25, 0.3) is 0 Å². The topological polar surface area (TPSA) is 89.3 Å². The number of benzene rings is 1. The summed E-state index contributed by atoms with van der Waals surface area (Å²) >= 11 is 0. The summed E-state index contributed by atoms with van der Waals surface area (Å²) in [4.78, 5) is 20.6. The summed E-state index contributed by atoms with van der Waals surface area (Å²) in [6.45, 7) is 0.853. The van der Waals surface area contributed by atoms with E-state index in [9.17, 15) is 4.79 Å². The van der Waals surface area contributed by atoms with Gasteiger partial charge >= 0.3 is 0 Å². The first kappa shape index (κ1) is 16.5. The van der Waals surface area contributed by atoms with E-state index in [1.807, 2.05) is 30.3 Å². The van der Waals surface area contributed by atoms with Gasteiger partial charge in [-0.3, -0.25) is 4.79 Å². The standard InChI is InChI=1S/C18H18N4O3/c1-24-14-6-4-13(5-7-14)11-20-17(23)16-8-9-19-18(22-16)21-12-15-3-2-10-25-15/h2-10H,11-12H2,1H3,(H,20,23)(H,19,21,22). The van der Waals surface area contributed by atoms with Crippen LogP contribution in [0.3, 0.4) is 0 Å². The second-order valence-electron chi connectivity index (χ2n) is 5.23. The van der Waals surface area contributed by atoms with Crippen molar-refractivity contribution in [2.45, 2.75) is 13.1 Å². The van der Waals surface area contributed by atoms with Crippen LogP contribution in [0.1, 0.15) is 21.8 Å². The average molecular weight is 338 g/mol. The van der Waals surface area contributed by atoms with Crippen molar-refractivity contribution in [3.05, 3.63) is 71.9 Å². The zero-order valence-corrected chi connectivity index (χ0v) is 13.7. The highest BCUT2D eigenvalue weighted by Gasteiger charge is 2.09. The molecule has 0 aliphatic carbocycles. The van der Waals surface area contributed by atoms with Gasteiger partial charge in [-0.1, -0.05) is 12.1 Å². The third-order valence-corrected chi connectivity index (χ3v) is 3.50. The van der Waals surface area contributed by atoms with Crippen molar-refractivity contribution in [2.24, 2.45) is 0 Å². The van der Waals surface area contributed by atoms with Crippen molar-refractivity contribution in [3.8, 4) is 5.75 Å². The Morgan fingerprint density at radius 2 is 2.00 bits per heavy atom. The molecule has 1 aromatic carbocycles. The third kappa shape index (κ3) is 4.57. The summed E-state index contributed by atoms with van der Waals surface area (Å²) in [6.07, 6.45) is 3.14. The van der Waals surface area contributed by atoms with Crippen LogP contribution >= 0.6 is 0 Å². The number of methoxy groups -OCH3 is 1. The van der Waals surface area contributed by atoms with Gasteiger partial charge in [0.15, 0.2) is 0 Å². The predicted molar refractivity (Wildman–Crippen MR) is 92.2 cm³/mol. The minimum Gasteiger partial charge on any atom is -0.497 e. The molecule has 2 aromatic heterocycles. The highest BCUT2D eigenvalue weighted by molar-refractivity contribution is 5.92. The first-order valence-electron chi connectivity index (χ1n) is 7.75. The van der Waals surface area contributed by atoms with E-state index >= 15 is 0 Å². The molecule has 3 rings (SSSR count). The Morgan fingerprint density at radius 3 is 2.72 bits per heavy atom. The molecule has 0 spiro atoms. The van der Waals surface area contributed by atoms with E-state index in [4.69, 9.17) is 9.15 Å². The lowest BCUT2D eigenvalue weighted by molar-refractivity contribution is 0.0946. The Kier molecular flexibility index (Phi) is 5.26. The van der Waals surface area contributed by atoms with Crippen molar-refractivity contribution < 1.29 is 13.9 Å². The molecule has 0 aliphatic heterocycles. The number of amides is 1. The number of aromatic nitrogens is 2. The summed E-state index contributed by atoms with van der Waals surface area (Å²) in [5, 5.41) is 5.85. The van der Waals surface area contributed by atoms with Crippen LogP contribution in [0.5, 0.6) is 5.75 Å². The first-order valence-corrected chi connectivity index (χ1v) is 7.75. The highest BCUT2D eigenvalue weighted by atomic mass is 16.5. The van der Waals surface area contributed by atoms with Gasteiger partial charge in [0.25, 0.3) is 5.91 Å². The molecule has 0 bridgehead atoms. The van der Waals surface area contributed by atoms with Crippen LogP contribution in [0, 0.1) is 0 Å². The second-order valence-corrected chi connectivity index (χ2v) is 5.23. The predicted octanol–water partition coefficient (Wildman–Crippen LogP) is 2.62. The van der Waals surface area contributed by atoms with Gasteiger partial charge < -0.3 is 19.8 Å². The van der Waals surface area contributed by atoms with Crippen LogP contribution in [0.2, 0.25) is 0 Å². The Hall–Kier alpha value is -3.35. The normalized spacial score (nSPS) is 10.3. The lowest BCUT2D eigenvalue weighted by Crippen LogP contribution is -2.24. The molecule has 0 aliphatic rings. The summed E-state index contributed by atoms with van der Waals surface area (Å²) < 4.78 is 10.3. The monoisotopic (exact) mass is 338 g/mol. The molecule has 2 N–H and O–H groups in total. The van der Waals surface area contributed by atoms with E-state index in [0.717, 1.165) is 17.1 Å². The number of rotatable bonds is 7. The molecule has 0 unspecified atom stereocenters. The molecule has 0 atom stereocenters. The zero-order valence-electron chi connectivity index (χ0n) is 13.7. The average Bonchev–Trinajstić information content (AvgIpc) is 3.19. The summed E-state index contributed by atoms with van der Waals surface area (Å²) in [5.41, 5.74) is 1.27. The fourth-order valence-corrected chi connectivity index (χ4v) is 2.17. The second kappa shape index (κ2) is 7.96. The maximum absolute atomic E-state index is 12.3. The number of carbonyl (C=O) groups is 1. The Labute approximate surface area is 145 Å². The molecular formula is C18H18N4O3. The number of hydrogen-bond donors (Lipinski definition) is 2. The molecule has 25 heavy (non-hydrogen) atoms. The van der Waals surface area contributed by atoms with Gasteiger partial charge in [-0.2, -0.15) is 0 Å². The van der Waals surface area contributed by atoms with Gasteiger partial charge in [0.05, 0.1) is 19.9 Å². The van der Waals surface area contributed by atoms with Crippen molar-refractivity contribution >= 4 is 11.9 Å². The number of carbonyl (C=O) groups excluding carboxylic acids is 1. The number of furan rings is 1. The van der Waals surface area contributed by atoms with E-state index in [2.05, 4.69) is 20.6 Å². The number of hydrogen-bond acceptors (Lipinski definition) is 6. The SMILES string of the molecule is COc1ccc(CNC(=O)c2ccnc(NCc3ccco3)n2)cc1. The number of nitrogens with zero attached hydrogens (tertiary/aromatic N) is 2. The smallest absolute Gasteiger partial charge is 0.270 e. The molecule has 0 saturated heterocycles. The van der Waals surface area contributed by atoms with Crippen LogP contribution in [0.4, 0.5) is 5.95 Å². The van der Waals surface area contributed by atoms with E-state index in [-0.39, 0.29) is 5.91 Å². The van der Waals surface area contributed by atoms with E-state index in [0.29, 0.717) is 24.7 Å². The number of nitrogens with one attached hydrogen (secondary N) is 2. The molecule has 0 saturated carbocycles. The maximum Gasteiger partial charge on any atom is 0.270 e. The maximum atomic E-state index is 12.3. The van der Waals surface area contributed by atoms with Crippen LogP contribution in [-0.2, 0) is 13.1 Å². The van der Waals surface area contributed by atoms with E-state index < -0.39 is 0 Å². The lowest BCUT2D eigenvalue weighted by Gasteiger charge is -2.07. The molecule has 2 heterocycles. The van der Waals surface area contributed by atoms with Crippen LogP contribution < -0.4 is 15.4 Å². The van der Waals surface area contributed by atoms with Gasteiger partial charge in [-0.25, -0.2) is 9.97 Å². The van der Waals surface area contributed by atoms with Gasteiger partial charge in [-0.05, 0) is 35.9 Å². The van der Waals surface area contributed by atoms with E-state index in [1.165, 1.54) is 0 Å². The molecular weight excluding hydrogens is 320 g/mol. The Balaban J connectivity index is 1.56. The highest BCUT2D eigenvalue weighted by Crippen LogP contribution is 2.11. The van der Waals surface area contributed by atoms with Gasteiger partial charge in [0, 0.05) is 12.7 Å². The number of anilines is 1. The fraction of sp³-hybridized carbons (Fsp3) is 0.167. The van der Waals surface area contributed by atoms with Crippen molar-refractivity contribution in [2.75, 3.05) is 12.4 Å². The zero-order chi connectivity index (χ0) is 17.5. The molecule has 0 radical (unpaired) electrons. The van der Waals surface area contributed by atoms with Crippen molar-refractivity contribution in [1.82, 2.24) is 15.3 Å². The fourth-order valence-electron chi connectivity index (χ4n) is 2.17. The summed E-state index contributed by atoms with van der Waals surface area (Å²) in [5.74, 6) is 1.64. The molecule has 3 aromatic rings.